The Labute approximate surface area is 173 Å². The van der Waals surface area contributed by atoms with Crippen LogP contribution < -0.4 is 11.3 Å². The second-order valence-electron chi connectivity index (χ2n) is 7.96. The molecule has 0 spiro atoms. The van der Waals surface area contributed by atoms with E-state index in [0.717, 1.165) is 62.8 Å². The summed E-state index contributed by atoms with van der Waals surface area (Å²) in [5, 5.41) is 0. The molecule has 6 heteroatoms. The highest BCUT2D eigenvalue weighted by atomic mass is 16.2. The van der Waals surface area contributed by atoms with E-state index in [2.05, 4.69) is 24.3 Å². The fourth-order valence-corrected chi connectivity index (χ4v) is 4.21. The number of benzene rings is 1. The molecule has 1 fully saturated rings. The highest BCUT2D eigenvalue weighted by molar-refractivity contribution is 6.08. The van der Waals surface area contributed by atoms with Crippen molar-refractivity contribution in [3.8, 4) is 0 Å². The summed E-state index contributed by atoms with van der Waals surface area (Å²) in [7, 11) is 0. The van der Waals surface area contributed by atoms with Crippen molar-refractivity contribution in [2.75, 3.05) is 13.1 Å². The maximum Gasteiger partial charge on any atom is 0.253 e. The van der Waals surface area contributed by atoms with Crippen LogP contribution in [0.1, 0.15) is 74.7 Å². The molecule has 1 saturated heterocycles. The average Bonchev–Trinajstić information content (AvgIpc) is 3.20. The Morgan fingerprint density at radius 3 is 2.48 bits per heavy atom. The van der Waals surface area contributed by atoms with Crippen molar-refractivity contribution in [3.63, 3.8) is 0 Å². The fourth-order valence-electron chi connectivity index (χ4n) is 4.21. The summed E-state index contributed by atoms with van der Waals surface area (Å²) in [6.45, 7) is 5.84. The van der Waals surface area contributed by atoms with Gasteiger partial charge in [-0.05, 0) is 43.9 Å². The van der Waals surface area contributed by atoms with Crippen LogP contribution in [0.15, 0.2) is 28.8 Å². The lowest BCUT2D eigenvalue weighted by Gasteiger charge is -2.16. The van der Waals surface area contributed by atoms with Gasteiger partial charge >= 0.3 is 0 Å². The minimum atomic E-state index is 0.0350. The van der Waals surface area contributed by atoms with Crippen LogP contribution in [-0.4, -0.2) is 35.5 Å². The Morgan fingerprint density at radius 1 is 1.17 bits per heavy atom. The molecule has 0 saturated carbocycles. The number of carbonyl (C=O) groups is 2. The minimum absolute atomic E-state index is 0.0350. The summed E-state index contributed by atoms with van der Waals surface area (Å²) >= 11 is 0. The first kappa shape index (κ1) is 21.2. The Morgan fingerprint density at radius 2 is 1.86 bits per heavy atom. The summed E-state index contributed by atoms with van der Waals surface area (Å²) in [4.78, 5) is 32.4. The Hall–Kier alpha value is -2.47. The highest BCUT2D eigenvalue weighted by Crippen LogP contribution is 2.31. The third-order valence-corrected chi connectivity index (χ3v) is 5.74. The molecule has 0 atom stereocenters. The molecule has 3 N–H and O–H groups in total. The molecule has 2 heterocycles. The number of fused-ring (bicyclic) bond motifs is 1. The van der Waals surface area contributed by atoms with Crippen LogP contribution in [0.25, 0.3) is 6.08 Å². The first-order valence-corrected chi connectivity index (χ1v) is 10.8. The molecule has 0 aromatic heterocycles. The van der Waals surface area contributed by atoms with Crippen molar-refractivity contribution in [2.24, 2.45) is 16.8 Å². The molecule has 29 heavy (non-hydrogen) atoms. The van der Waals surface area contributed by atoms with Gasteiger partial charge in [-0.15, -0.1) is 0 Å². The van der Waals surface area contributed by atoms with Crippen LogP contribution >= 0.6 is 0 Å². The molecular weight excluding hydrogens is 364 g/mol. The number of ketones is 1. The van der Waals surface area contributed by atoms with Gasteiger partial charge in [0.15, 0.2) is 5.78 Å². The van der Waals surface area contributed by atoms with Crippen molar-refractivity contribution in [1.29, 1.82) is 0 Å². The molecule has 1 aromatic carbocycles. The number of nitrogens with one attached hydrogen (secondary N) is 1. The largest absolute Gasteiger partial charge is 0.339 e. The summed E-state index contributed by atoms with van der Waals surface area (Å²) in [6.07, 6.45) is 8.17. The number of likely N-dealkylation sites (tertiary alicyclic amines) is 1. The molecule has 0 bridgehead atoms. The van der Waals surface area contributed by atoms with Crippen LogP contribution in [-0.2, 0) is 4.79 Å². The van der Waals surface area contributed by atoms with E-state index in [1.165, 1.54) is 0 Å². The molecule has 2 aliphatic rings. The third-order valence-electron chi connectivity index (χ3n) is 5.74. The predicted octanol–water partition coefficient (Wildman–Crippen LogP) is 3.99. The zero-order chi connectivity index (χ0) is 20.8. The highest BCUT2D eigenvalue weighted by Gasteiger charge is 2.25. The first-order valence-electron chi connectivity index (χ1n) is 10.8. The molecule has 156 valence electrons. The average molecular weight is 397 g/mol. The van der Waals surface area contributed by atoms with Gasteiger partial charge in [-0.25, -0.2) is 10.8 Å². The predicted molar refractivity (Wildman–Crippen MR) is 117 cm³/mol. The number of rotatable bonds is 7. The van der Waals surface area contributed by atoms with Crippen molar-refractivity contribution in [3.05, 3.63) is 34.9 Å². The van der Waals surface area contributed by atoms with Crippen LogP contribution in [0.3, 0.4) is 0 Å². The van der Waals surface area contributed by atoms with Gasteiger partial charge in [0.25, 0.3) is 5.91 Å². The zero-order valence-electron chi connectivity index (χ0n) is 17.5. The molecule has 2 aliphatic heterocycles. The summed E-state index contributed by atoms with van der Waals surface area (Å²) in [5.74, 6) is 6.49. The Kier molecular flexibility index (Phi) is 7.20. The standard InChI is InChI=1S/C23H32N4O2/c1-3-7-16(8-4-2)22(28)19-13-17-9-10-18(23(29)27-11-5-6-12-27)14-20(17)25-21(15-19)26-24/h9-10,13-14,16H,3-8,11-12,15,24H2,1-2H3,(H,25,26). The number of hydrazine groups is 1. The fraction of sp³-hybridized carbons (Fsp3) is 0.522. The lowest BCUT2D eigenvalue weighted by atomic mass is 9.87. The normalized spacial score (nSPS) is 16.2. The molecule has 3 rings (SSSR count). The van der Waals surface area contributed by atoms with Gasteiger partial charge in [0.2, 0.25) is 0 Å². The lowest BCUT2D eigenvalue weighted by molar-refractivity contribution is -0.119. The van der Waals surface area contributed by atoms with Crippen LogP contribution in [0.5, 0.6) is 0 Å². The number of hydrogen-bond donors (Lipinski definition) is 2. The van der Waals surface area contributed by atoms with Crippen molar-refractivity contribution in [1.82, 2.24) is 10.3 Å². The lowest BCUT2D eigenvalue weighted by Crippen LogP contribution is -2.31. The molecule has 0 radical (unpaired) electrons. The quantitative estimate of drug-likeness (QED) is 0.539. The van der Waals surface area contributed by atoms with Gasteiger partial charge in [0.05, 0.1) is 5.69 Å². The number of amides is 1. The summed E-state index contributed by atoms with van der Waals surface area (Å²) in [6, 6.07) is 5.54. The van der Waals surface area contributed by atoms with Gasteiger partial charge in [-0.3, -0.25) is 9.59 Å². The van der Waals surface area contributed by atoms with Crippen LogP contribution in [0.2, 0.25) is 0 Å². The number of aliphatic imine (C=N–C) groups is 1. The molecule has 0 aliphatic carbocycles. The second-order valence-corrected chi connectivity index (χ2v) is 7.96. The second kappa shape index (κ2) is 9.83. The molecule has 6 nitrogen and oxygen atoms in total. The van der Waals surface area contributed by atoms with Gasteiger partial charge in [-0.1, -0.05) is 32.8 Å². The van der Waals surface area contributed by atoms with Gasteiger partial charge in [0.1, 0.15) is 5.84 Å². The number of nitrogens with two attached hydrogens (primary N) is 1. The van der Waals surface area contributed by atoms with Crippen molar-refractivity contribution in [2.45, 2.75) is 58.8 Å². The van der Waals surface area contributed by atoms with E-state index >= 15 is 0 Å². The van der Waals surface area contributed by atoms with E-state index in [-0.39, 0.29) is 17.6 Å². The summed E-state index contributed by atoms with van der Waals surface area (Å²) in [5.41, 5.74) is 5.52. The van der Waals surface area contributed by atoms with E-state index < -0.39 is 0 Å². The molecular formula is C23H32N4O2. The van der Waals surface area contributed by atoms with E-state index in [9.17, 15) is 9.59 Å². The van der Waals surface area contributed by atoms with Gasteiger partial charge < -0.3 is 10.3 Å². The maximum atomic E-state index is 13.2. The number of Topliss-reactive ketones (excluding diaryl/α,β-unsaturated/α-hetero) is 1. The van der Waals surface area contributed by atoms with E-state index in [1.807, 2.05) is 29.2 Å². The Bertz CT molecular complexity index is 816. The molecule has 1 aromatic rings. The smallest absolute Gasteiger partial charge is 0.253 e. The Balaban J connectivity index is 1.93. The van der Waals surface area contributed by atoms with Crippen LogP contribution in [0, 0.1) is 5.92 Å². The van der Waals surface area contributed by atoms with Gasteiger partial charge in [-0.2, -0.15) is 0 Å². The monoisotopic (exact) mass is 396 g/mol. The zero-order valence-corrected chi connectivity index (χ0v) is 17.5. The van der Waals surface area contributed by atoms with Crippen molar-refractivity contribution < 1.29 is 9.59 Å². The number of hydrogen-bond acceptors (Lipinski definition) is 5. The SMILES string of the molecule is CCCC(CCC)C(=O)C1=Cc2ccc(C(=O)N3CCCC3)cc2N=C(NN)C1. The van der Waals surface area contributed by atoms with Gasteiger partial charge in [0, 0.05) is 42.1 Å². The third kappa shape index (κ3) is 4.93. The first-order chi connectivity index (χ1) is 14.1. The number of amidine groups is 1. The molecule has 0 unspecified atom stereocenters. The number of nitrogens with zero attached hydrogens (tertiary/aromatic N) is 2. The van der Waals surface area contributed by atoms with E-state index in [4.69, 9.17) is 5.84 Å². The maximum absolute atomic E-state index is 13.2. The molecule has 1 amide bonds. The minimum Gasteiger partial charge on any atom is -0.339 e. The summed E-state index contributed by atoms with van der Waals surface area (Å²) < 4.78 is 0. The van der Waals surface area contributed by atoms with E-state index in [1.54, 1.807) is 0 Å². The topological polar surface area (TPSA) is 87.8 Å². The van der Waals surface area contributed by atoms with Crippen molar-refractivity contribution >= 4 is 29.3 Å². The number of carbonyl (C=O) groups excluding carboxylic acids is 2. The van der Waals surface area contributed by atoms with Crippen LogP contribution in [0.4, 0.5) is 5.69 Å². The van der Waals surface area contributed by atoms with E-state index in [0.29, 0.717) is 23.5 Å².